The summed E-state index contributed by atoms with van der Waals surface area (Å²) in [6.07, 6.45) is 6.51. The number of hydrogen-bond acceptors (Lipinski definition) is 3. The Balaban J connectivity index is 1.74. The van der Waals surface area contributed by atoms with Crippen LogP contribution in [0.4, 0.5) is 0 Å². The average Bonchev–Trinajstić information content (AvgIpc) is 3.08. The van der Waals surface area contributed by atoms with Gasteiger partial charge in [-0.3, -0.25) is 9.58 Å². The van der Waals surface area contributed by atoms with Crippen molar-refractivity contribution in [2.24, 2.45) is 0 Å². The summed E-state index contributed by atoms with van der Waals surface area (Å²) in [5, 5.41) is 14.3. The summed E-state index contributed by atoms with van der Waals surface area (Å²) in [6, 6.07) is 9.40. The van der Waals surface area contributed by atoms with Crippen LogP contribution in [0.15, 0.2) is 36.7 Å². The summed E-state index contributed by atoms with van der Waals surface area (Å²) in [7, 11) is 0. The van der Waals surface area contributed by atoms with Gasteiger partial charge in [-0.1, -0.05) is 18.2 Å². The summed E-state index contributed by atoms with van der Waals surface area (Å²) < 4.78 is 1.81. The Hall–Kier alpha value is -1.65. The Kier molecular flexibility index (Phi) is 4.55. The van der Waals surface area contributed by atoms with Gasteiger partial charge in [0.25, 0.3) is 0 Å². The lowest BCUT2D eigenvalue weighted by atomic mass is 10.1. The van der Waals surface area contributed by atoms with E-state index in [4.69, 9.17) is 0 Å². The van der Waals surface area contributed by atoms with Crippen LogP contribution in [0.2, 0.25) is 0 Å². The van der Waals surface area contributed by atoms with Crippen molar-refractivity contribution >= 4 is 0 Å². The van der Waals surface area contributed by atoms with Crippen molar-refractivity contribution in [2.75, 3.05) is 6.54 Å². The number of aliphatic hydroxyl groups is 1. The third-order valence-corrected chi connectivity index (χ3v) is 4.52. The summed E-state index contributed by atoms with van der Waals surface area (Å²) in [4.78, 5) is 2.55. The SMILES string of the molecule is CC1CCCN1Cc1cccc(-c2cnn(CC(C)(C)O)c2)c1. The molecule has 1 fully saturated rings. The highest BCUT2D eigenvalue weighted by atomic mass is 16.3. The van der Waals surface area contributed by atoms with Crippen molar-refractivity contribution in [3.8, 4) is 11.1 Å². The van der Waals surface area contributed by atoms with Crippen molar-refractivity contribution in [3.63, 3.8) is 0 Å². The Morgan fingerprint density at radius 3 is 2.83 bits per heavy atom. The summed E-state index contributed by atoms with van der Waals surface area (Å²) in [5.74, 6) is 0. The number of rotatable bonds is 5. The van der Waals surface area contributed by atoms with Crippen molar-refractivity contribution < 1.29 is 5.11 Å². The third kappa shape index (κ3) is 4.21. The standard InChI is InChI=1S/C19H27N3O/c1-15-6-5-9-21(15)12-16-7-4-8-17(10-16)18-11-20-22(13-18)14-19(2,3)23/h4,7-8,10-11,13,15,23H,5-6,9,12,14H2,1-3H3. The quantitative estimate of drug-likeness (QED) is 0.921. The Morgan fingerprint density at radius 1 is 1.30 bits per heavy atom. The molecule has 0 amide bonds. The van der Waals surface area contributed by atoms with Gasteiger partial charge in [0.05, 0.1) is 18.3 Å². The molecule has 1 aliphatic heterocycles. The number of nitrogens with zero attached hydrogens (tertiary/aromatic N) is 3. The van der Waals surface area contributed by atoms with Gasteiger partial charge in [0, 0.05) is 24.3 Å². The van der Waals surface area contributed by atoms with Gasteiger partial charge in [0.2, 0.25) is 0 Å². The summed E-state index contributed by atoms with van der Waals surface area (Å²) in [6.45, 7) is 8.63. The number of hydrogen-bond donors (Lipinski definition) is 1. The van der Waals surface area contributed by atoms with Gasteiger partial charge in [-0.05, 0) is 57.4 Å². The second-order valence-corrected chi connectivity index (χ2v) is 7.40. The highest BCUT2D eigenvalue weighted by molar-refractivity contribution is 5.62. The highest BCUT2D eigenvalue weighted by Gasteiger charge is 2.20. The molecule has 4 nitrogen and oxygen atoms in total. The van der Waals surface area contributed by atoms with Crippen LogP contribution in [0.3, 0.4) is 0 Å². The number of likely N-dealkylation sites (tertiary alicyclic amines) is 1. The molecule has 0 spiro atoms. The first kappa shape index (κ1) is 16.2. The first-order chi connectivity index (χ1) is 10.9. The van der Waals surface area contributed by atoms with Gasteiger partial charge in [-0.25, -0.2) is 0 Å². The van der Waals surface area contributed by atoms with Gasteiger partial charge in [-0.2, -0.15) is 5.10 Å². The molecule has 0 bridgehead atoms. The normalized spacial score (nSPS) is 19.4. The maximum atomic E-state index is 9.91. The van der Waals surface area contributed by atoms with E-state index in [0.29, 0.717) is 12.6 Å². The first-order valence-corrected chi connectivity index (χ1v) is 8.49. The van der Waals surface area contributed by atoms with E-state index in [0.717, 1.165) is 12.1 Å². The molecule has 1 aliphatic rings. The molecule has 1 atom stereocenters. The van der Waals surface area contributed by atoms with Crippen LogP contribution < -0.4 is 0 Å². The van der Waals surface area contributed by atoms with E-state index in [1.807, 2.05) is 17.1 Å². The maximum Gasteiger partial charge on any atom is 0.0786 e. The van der Waals surface area contributed by atoms with E-state index < -0.39 is 5.60 Å². The Labute approximate surface area is 138 Å². The molecule has 23 heavy (non-hydrogen) atoms. The predicted octanol–water partition coefficient (Wildman–Crippen LogP) is 3.31. The monoisotopic (exact) mass is 313 g/mol. The van der Waals surface area contributed by atoms with E-state index >= 15 is 0 Å². The third-order valence-electron chi connectivity index (χ3n) is 4.52. The van der Waals surface area contributed by atoms with Gasteiger partial charge in [0.15, 0.2) is 0 Å². The Bertz CT molecular complexity index is 657. The molecule has 0 aliphatic carbocycles. The molecular formula is C19H27N3O. The van der Waals surface area contributed by atoms with Crippen LogP contribution in [0.1, 0.15) is 39.2 Å². The molecule has 0 saturated carbocycles. The van der Waals surface area contributed by atoms with Crippen molar-refractivity contribution in [1.82, 2.24) is 14.7 Å². The zero-order chi connectivity index (χ0) is 16.4. The molecule has 2 aromatic rings. The molecule has 4 heteroatoms. The highest BCUT2D eigenvalue weighted by Crippen LogP contribution is 2.24. The molecule has 1 unspecified atom stereocenters. The molecule has 1 aromatic carbocycles. The van der Waals surface area contributed by atoms with E-state index in [1.54, 1.807) is 13.8 Å². The second-order valence-electron chi connectivity index (χ2n) is 7.40. The van der Waals surface area contributed by atoms with Crippen molar-refractivity contribution in [2.45, 2.75) is 58.3 Å². The fraction of sp³-hybridized carbons (Fsp3) is 0.526. The van der Waals surface area contributed by atoms with Crippen molar-refractivity contribution in [3.05, 3.63) is 42.2 Å². The zero-order valence-electron chi connectivity index (χ0n) is 14.4. The van der Waals surface area contributed by atoms with E-state index in [2.05, 4.69) is 41.2 Å². The fourth-order valence-electron chi connectivity index (χ4n) is 3.31. The largest absolute Gasteiger partial charge is 0.389 e. The Morgan fingerprint density at radius 2 is 2.13 bits per heavy atom. The summed E-state index contributed by atoms with van der Waals surface area (Å²) >= 11 is 0. The van der Waals surface area contributed by atoms with Crippen LogP contribution in [0, 0.1) is 0 Å². The molecule has 0 radical (unpaired) electrons. The van der Waals surface area contributed by atoms with E-state index in [-0.39, 0.29) is 0 Å². The lowest BCUT2D eigenvalue weighted by Gasteiger charge is -2.21. The van der Waals surface area contributed by atoms with Gasteiger partial charge >= 0.3 is 0 Å². The average molecular weight is 313 g/mol. The number of aromatic nitrogens is 2. The van der Waals surface area contributed by atoms with Gasteiger partial charge in [-0.15, -0.1) is 0 Å². The van der Waals surface area contributed by atoms with Gasteiger partial charge < -0.3 is 5.11 Å². The van der Waals surface area contributed by atoms with Gasteiger partial charge in [0.1, 0.15) is 0 Å². The molecule has 124 valence electrons. The fourth-order valence-corrected chi connectivity index (χ4v) is 3.31. The van der Waals surface area contributed by atoms with Crippen LogP contribution in [0.5, 0.6) is 0 Å². The minimum absolute atomic E-state index is 0.498. The molecule has 1 N–H and O–H groups in total. The summed E-state index contributed by atoms with van der Waals surface area (Å²) in [5.41, 5.74) is 2.89. The van der Waals surface area contributed by atoms with E-state index in [9.17, 15) is 5.11 Å². The van der Waals surface area contributed by atoms with Crippen LogP contribution in [-0.2, 0) is 13.1 Å². The molecule has 1 aromatic heterocycles. The molecule has 1 saturated heterocycles. The predicted molar refractivity (Wildman–Crippen MR) is 93.1 cm³/mol. The zero-order valence-corrected chi connectivity index (χ0v) is 14.4. The molecule has 2 heterocycles. The lowest BCUT2D eigenvalue weighted by Crippen LogP contribution is -2.26. The van der Waals surface area contributed by atoms with E-state index in [1.165, 1.54) is 30.5 Å². The van der Waals surface area contributed by atoms with Crippen LogP contribution in [-0.4, -0.2) is 38.0 Å². The maximum absolute atomic E-state index is 9.91. The molecule has 3 rings (SSSR count). The first-order valence-electron chi connectivity index (χ1n) is 8.49. The smallest absolute Gasteiger partial charge is 0.0786 e. The lowest BCUT2D eigenvalue weighted by molar-refractivity contribution is 0.0577. The topological polar surface area (TPSA) is 41.3 Å². The number of benzene rings is 1. The van der Waals surface area contributed by atoms with Crippen LogP contribution >= 0.6 is 0 Å². The minimum atomic E-state index is -0.753. The molecular weight excluding hydrogens is 286 g/mol. The van der Waals surface area contributed by atoms with Crippen molar-refractivity contribution in [1.29, 1.82) is 0 Å². The minimum Gasteiger partial charge on any atom is -0.389 e. The second kappa shape index (κ2) is 6.46. The van der Waals surface area contributed by atoms with Crippen LogP contribution in [0.25, 0.3) is 11.1 Å².